The molecule has 0 aliphatic heterocycles. The Morgan fingerprint density at radius 1 is 1.44 bits per heavy atom. The number of thiocarbonyl (C=S) groups is 1. The van der Waals surface area contributed by atoms with Crippen molar-refractivity contribution in [2.45, 2.75) is 0 Å². The van der Waals surface area contributed by atoms with Gasteiger partial charge in [0, 0.05) is 12.4 Å². The minimum Gasteiger partial charge on any atom is -0.321 e. The Bertz CT molecular complexity index is 187. The zero-order chi connectivity index (χ0) is 6.53. The second-order valence-corrected chi connectivity index (χ2v) is 1.57. The van der Waals surface area contributed by atoms with Gasteiger partial charge >= 0.3 is 0 Å². The third-order valence-electron chi connectivity index (χ3n) is 0.754. The SMILES string of the molecule is S=CNc1ncccn1. The van der Waals surface area contributed by atoms with Gasteiger partial charge in [-0.05, 0) is 6.07 Å². The summed E-state index contributed by atoms with van der Waals surface area (Å²) in [6.45, 7) is 0. The molecule has 1 N–H and O–H groups in total. The molecule has 0 aromatic carbocycles. The number of rotatable bonds is 2. The average Bonchev–Trinajstić information content (AvgIpc) is 1.91. The number of aromatic nitrogens is 2. The minimum absolute atomic E-state index is 0.535. The predicted octanol–water partition coefficient (Wildman–Crippen LogP) is 0.846. The first-order valence-corrected chi connectivity index (χ1v) is 2.88. The molecule has 1 rings (SSSR count). The largest absolute Gasteiger partial charge is 0.321 e. The van der Waals surface area contributed by atoms with Crippen LogP contribution in [0.15, 0.2) is 18.5 Å². The lowest BCUT2D eigenvalue weighted by atomic mass is 10.7. The molecule has 0 atom stereocenters. The summed E-state index contributed by atoms with van der Waals surface area (Å²) in [7, 11) is 0. The molecule has 4 heteroatoms. The van der Waals surface area contributed by atoms with Gasteiger partial charge in [-0.15, -0.1) is 0 Å². The van der Waals surface area contributed by atoms with Crippen LogP contribution in [0, 0.1) is 0 Å². The van der Waals surface area contributed by atoms with E-state index in [2.05, 4.69) is 27.5 Å². The van der Waals surface area contributed by atoms with Crippen molar-refractivity contribution in [3.63, 3.8) is 0 Å². The van der Waals surface area contributed by atoms with Crippen LogP contribution in [0.1, 0.15) is 0 Å². The summed E-state index contributed by atoms with van der Waals surface area (Å²) in [4.78, 5) is 7.70. The fourth-order valence-electron chi connectivity index (χ4n) is 0.426. The standard InChI is InChI=1S/C5H5N3S/c9-4-8-5-6-2-1-3-7-5/h1-4H,(H,6,7,8,9). The van der Waals surface area contributed by atoms with Gasteiger partial charge < -0.3 is 5.32 Å². The van der Waals surface area contributed by atoms with Crippen molar-refractivity contribution >= 4 is 23.7 Å². The Morgan fingerprint density at radius 3 is 2.67 bits per heavy atom. The van der Waals surface area contributed by atoms with Gasteiger partial charge in [0.25, 0.3) is 0 Å². The molecule has 0 spiro atoms. The number of hydrogen-bond acceptors (Lipinski definition) is 3. The van der Waals surface area contributed by atoms with Crippen molar-refractivity contribution in [1.82, 2.24) is 9.97 Å². The fraction of sp³-hybridized carbons (Fsp3) is 0. The summed E-state index contributed by atoms with van der Waals surface area (Å²) in [5, 5.41) is 2.68. The quantitative estimate of drug-likeness (QED) is 0.616. The molecule has 0 bridgehead atoms. The molecule has 1 heterocycles. The monoisotopic (exact) mass is 139 g/mol. The molecule has 0 saturated carbocycles. The molecular weight excluding hydrogens is 134 g/mol. The molecule has 0 radical (unpaired) electrons. The topological polar surface area (TPSA) is 37.8 Å². The fourth-order valence-corrected chi connectivity index (χ4v) is 0.532. The summed E-state index contributed by atoms with van der Waals surface area (Å²) in [5.41, 5.74) is 1.37. The van der Waals surface area contributed by atoms with Crippen molar-refractivity contribution in [3.05, 3.63) is 18.5 Å². The Kier molecular flexibility index (Phi) is 2.09. The molecule has 0 saturated heterocycles. The lowest BCUT2D eigenvalue weighted by Crippen LogP contribution is -1.96. The summed E-state index contributed by atoms with van der Waals surface area (Å²) in [6, 6.07) is 1.74. The maximum Gasteiger partial charge on any atom is 0.227 e. The first kappa shape index (κ1) is 6.10. The molecule has 0 aliphatic rings. The van der Waals surface area contributed by atoms with E-state index in [4.69, 9.17) is 0 Å². The van der Waals surface area contributed by atoms with Crippen LogP contribution in [-0.2, 0) is 0 Å². The highest BCUT2D eigenvalue weighted by atomic mass is 32.1. The molecular formula is C5H5N3S. The Balaban J connectivity index is 2.72. The molecule has 46 valence electrons. The second-order valence-electron chi connectivity index (χ2n) is 1.33. The normalized spacial score (nSPS) is 8.44. The maximum absolute atomic E-state index is 4.52. The van der Waals surface area contributed by atoms with E-state index in [0.29, 0.717) is 5.95 Å². The smallest absolute Gasteiger partial charge is 0.227 e. The zero-order valence-corrected chi connectivity index (χ0v) is 5.43. The van der Waals surface area contributed by atoms with Gasteiger partial charge in [-0.1, -0.05) is 12.2 Å². The Morgan fingerprint density at radius 2 is 2.11 bits per heavy atom. The van der Waals surface area contributed by atoms with Crippen molar-refractivity contribution in [1.29, 1.82) is 0 Å². The van der Waals surface area contributed by atoms with Gasteiger partial charge in [0.15, 0.2) is 0 Å². The number of nitrogens with one attached hydrogen (secondary N) is 1. The molecule has 1 aromatic rings. The third kappa shape index (κ3) is 1.73. The van der Waals surface area contributed by atoms with Crippen LogP contribution >= 0.6 is 12.2 Å². The summed E-state index contributed by atoms with van der Waals surface area (Å²) in [5.74, 6) is 0.535. The van der Waals surface area contributed by atoms with Crippen LogP contribution in [0.4, 0.5) is 5.95 Å². The lowest BCUT2D eigenvalue weighted by Gasteiger charge is -1.91. The highest BCUT2D eigenvalue weighted by Gasteiger charge is 1.83. The molecule has 3 nitrogen and oxygen atoms in total. The minimum atomic E-state index is 0.535. The van der Waals surface area contributed by atoms with Crippen LogP contribution in [-0.4, -0.2) is 15.5 Å². The average molecular weight is 139 g/mol. The van der Waals surface area contributed by atoms with Crippen molar-refractivity contribution in [2.24, 2.45) is 0 Å². The van der Waals surface area contributed by atoms with Crippen LogP contribution < -0.4 is 5.32 Å². The zero-order valence-electron chi connectivity index (χ0n) is 4.61. The second kappa shape index (κ2) is 3.09. The van der Waals surface area contributed by atoms with E-state index in [1.54, 1.807) is 18.5 Å². The molecule has 0 aliphatic carbocycles. The van der Waals surface area contributed by atoms with E-state index in [9.17, 15) is 0 Å². The first-order valence-electron chi connectivity index (χ1n) is 2.40. The predicted molar refractivity (Wildman–Crippen MR) is 39.3 cm³/mol. The summed E-state index contributed by atoms with van der Waals surface area (Å²) in [6.07, 6.45) is 3.29. The number of anilines is 1. The van der Waals surface area contributed by atoms with E-state index < -0.39 is 0 Å². The van der Waals surface area contributed by atoms with E-state index in [1.165, 1.54) is 5.49 Å². The highest BCUT2D eigenvalue weighted by molar-refractivity contribution is 7.79. The molecule has 0 fully saturated rings. The van der Waals surface area contributed by atoms with Crippen molar-refractivity contribution in [2.75, 3.05) is 5.32 Å². The van der Waals surface area contributed by atoms with Gasteiger partial charge in [0.1, 0.15) is 0 Å². The van der Waals surface area contributed by atoms with Gasteiger partial charge in [-0.25, -0.2) is 9.97 Å². The summed E-state index contributed by atoms with van der Waals surface area (Å²) < 4.78 is 0. The van der Waals surface area contributed by atoms with E-state index in [0.717, 1.165) is 0 Å². The van der Waals surface area contributed by atoms with E-state index in [-0.39, 0.29) is 0 Å². The molecule has 0 amide bonds. The van der Waals surface area contributed by atoms with Crippen molar-refractivity contribution in [3.8, 4) is 0 Å². The van der Waals surface area contributed by atoms with Gasteiger partial charge in [-0.3, -0.25) is 0 Å². The van der Waals surface area contributed by atoms with Crippen LogP contribution in [0.3, 0.4) is 0 Å². The van der Waals surface area contributed by atoms with Crippen LogP contribution in [0.5, 0.6) is 0 Å². The molecule has 0 unspecified atom stereocenters. The van der Waals surface area contributed by atoms with Gasteiger partial charge in [0.2, 0.25) is 5.95 Å². The Hall–Kier alpha value is -1.03. The number of hydrogen-bond donors (Lipinski definition) is 1. The van der Waals surface area contributed by atoms with Crippen LogP contribution in [0.25, 0.3) is 0 Å². The van der Waals surface area contributed by atoms with Crippen LogP contribution in [0.2, 0.25) is 0 Å². The maximum atomic E-state index is 4.52. The molecule has 1 aromatic heterocycles. The third-order valence-corrected chi connectivity index (χ3v) is 0.872. The molecule has 9 heavy (non-hydrogen) atoms. The first-order chi connectivity index (χ1) is 4.43. The van der Waals surface area contributed by atoms with Gasteiger partial charge in [0.05, 0.1) is 5.49 Å². The lowest BCUT2D eigenvalue weighted by molar-refractivity contribution is 1.18. The van der Waals surface area contributed by atoms with Gasteiger partial charge in [-0.2, -0.15) is 0 Å². The Labute approximate surface area is 58.1 Å². The summed E-state index contributed by atoms with van der Waals surface area (Å²) >= 11 is 4.52. The van der Waals surface area contributed by atoms with Crippen molar-refractivity contribution < 1.29 is 0 Å². The van der Waals surface area contributed by atoms with E-state index >= 15 is 0 Å². The number of nitrogens with zero attached hydrogens (tertiary/aromatic N) is 2. The highest BCUT2D eigenvalue weighted by Crippen LogP contribution is 1.89. The van der Waals surface area contributed by atoms with E-state index in [1.807, 2.05) is 0 Å².